The highest BCUT2D eigenvalue weighted by atomic mass is 32.2. The van der Waals surface area contributed by atoms with Crippen LogP contribution in [0.5, 0.6) is 0 Å². The Morgan fingerprint density at radius 1 is 1.24 bits per heavy atom. The number of piperidine rings is 1. The van der Waals surface area contributed by atoms with Gasteiger partial charge in [0.05, 0.1) is 11.6 Å². The van der Waals surface area contributed by atoms with E-state index in [1.54, 1.807) is 0 Å². The van der Waals surface area contributed by atoms with E-state index < -0.39 is 18.1 Å². The Morgan fingerprint density at radius 2 is 1.88 bits per heavy atom. The molecule has 0 unspecified atom stereocenters. The summed E-state index contributed by atoms with van der Waals surface area (Å²) in [7, 11) is 0. The lowest BCUT2D eigenvalue weighted by molar-refractivity contribution is -0.192. The Labute approximate surface area is 189 Å². The van der Waals surface area contributed by atoms with Crippen molar-refractivity contribution >= 4 is 45.4 Å². The molecular weight excluding hydrogens is 461 g/mol. The van der Waals surface area contributed by atoms with Crippen LogP contribution in [-0.2, 0) is 4.79 Å². The number of nitrogens with one attached hydrogen (secondary N) is 1. The van der Waals surface area contributed by atoms with Gasteiger partial charge in [0.15, 0.2) is 10.9 Å². The van der Waals surface area contributed by atoms with Crippen molar-refractivity contribution in [1.82, 2.24) is 25.1 Å². The number of nitrogens with two attached hydrogens (primary N) is 1. The smallest absolute Gasteiger partial charge is 0.475 e. The number of fused-ring (bicyclic) bond motifs is 5. The van der Waals surface area contributed by atoms with Gasteiger partial charge in [0.2, 0.25) is 0 Å². The fourth-order valence-corrected chi connectivity index (χ4v) is 4.81. The van der Waals surface area contributed by atoms with Crippen LogP contribution in [0, 0.1) is 0 Å². The van der Waals surface area contributed by atoms with Crippen LogP contribution in [-0.4, -0.2) is 61.2 Å². The lowest BCUT2D eigenvalue weighted by Gasteiger charge is -2.29. The van der Waals surface area contributed by atoms with E-state index >= 15 is 0 Å². The fourth-order valence-electron chi connectivity index (χ4n) is 4.47. The van der Waals surface area contributed by atoms with Gasteiger partial charge in [-0.05, 0) is 38.0 Å². The third-order valence-electron chi connectivity index (χ3n) is 5.85. The van der Waals surface area contributed by atoms with Gasteiger partial charge in [0.1, 0.15) is 5.52 Å². The van der Waals surface area contributed by atoms with Gasteiger partial charge in [0.25, 0.3) is 5.91 Å². The summed E-state index contributed by atoms with van der Waals surface area (Å²) in [6.07, 6.45) is 3.16. The van der Waals surface area contributed by atoms with Gasteiger partial charge in [-0.15, -0.1) is 0 Å². The van der Waals surface area contributed by atoms with Crippen molar-refractivity contribution in [2.24, 2.45) is 5.73 Å². The van der Waals surface area contributed by atoms with Crippen molar-refractivity contribution < 1.29 is 27.9 Å². The number of alkyl halides is 3. The maximum atomic E-state index is 12.0. The predicted octanol–water partition coefficient (Wildman–Crippen LogP) is 2.89. The summed E-state index contributed by atoms with van der Waals surface area (Å²) < 4.78 is 33.8. The maximum absolute atomic E-state index is 12.0. The molecule has 13 heteroatoms. The third kappa shape index (κ3) is 4.60. The first-order chi connectivity index (χ1) is 15.6. The second kappa shape index (κ2) is 8.78. The Morgan fingerprint density at radius 3 is 2.42 bits per heavy atom. The summed E-state index contributed by atoms with van der Waals surface area (Å²) in [5, 5.41) is 17.9. The van der Waals surface area contributed by atoms with Crippen molar-refractivity contribution in [2.45, 2.75) is 55.1 Å². The summed E-state index contributed by atoms with van der Waals surface area (Å²) >= 11 is 1.50. The molecule has 9 nitrogen and oxygen atoms in total. The Kier molecular flexibility index (Phi) is 6.18. The first-order valence-electron chi connectivity index (χ1n) is 10.2. The number of hydrogen-bond donors (Lipinski definition) is 3. The van der Waals surface area contributed by atoms with Crippen molar-refractivity contribution in [3.63, 3.8) is 0 Å². The fraction of sp³-hybridized carbons (Fsp3) is 0.450. The number of halogens is 3. The molecule has 0 aliphatic carbocycles. The minimum atomic E-state index is -5.08. The van der Waals surface area contributed by atoms with E-state index in [-0.39, 0.29) is 6.04 Å². The molecule has 33 heavy (non-hydrogen) atoms. The molecule has 1 aromatic carbocycles. The lowest BCUT2D eigenvalue weighted by Crippen LogP contribution is -2.39. The summed E-state index contributed by atoms with van der Waals surface area (Å²) in [6.45, 7) is 0. The van der Waals surface area contributed by atoms with Crippen molar-refractivity contribution in [2.75, 3.05) is 6.26 Å². The predicted molar refractivity (Wildman–Crippen MR) is 115 cm³/mol. The molecular formula is C20H21F3N6O3S. The first-order valence-corrected chi connectivity index (χ1v) is 11.4. The standard InChI is InChI=1S/C18H20N6OS.C2HF3O2/c1-26-18-20-8-9-2-5-13-15(17(19)25)23-24(16(13)14(9)22-18)12-6-10-3-4-11(7-12)21-10;3-2(4,5)1(6)7/h2,5,8,10-12,21H,3-4,6-7H2,1H3,(H2,19,25);(H,6,7)/t10-,11+,12+;. The van der Waals surface area contributed by atoms with Crippen LogP contribution >= 0.6 is 11.8 Å². The van der Waals surface area contributed by atoms with Crippen LogP contribution in [0.2, 0.25) is 0 Å². The van der Waals surface area contributed by atoms with Crippen LogP contribution < -0.4 is 11.1 Å². The number of nitrogens with zero attached hydrogens (tertiary/aromatic N) is 4. The number of rotatable bonds is 3. The number of aliphatic carboxylic acids is 1. The van der Waals surface area contributed by atoms with Crippen molar-refractivity contribution in [3.8, 4) is 0 Å². The molecule has 176 valence electrons. The molecule has 2 bridgehead atoms. The zero-order valence-corrected chi connectivity index (χ0v) is 18.3. The minimum absolute atomic E-state index is 0.252. The summed E-state index contributed by atoms with van der Waals surface area (Å²) in [5.41, 5.74) is 7.70. The highest BCUT2D eigenvalue weighted by Gasteiger charge is 2.38. The molecule has 0 spiro atoms. The zero-order chi connectivity index (χ0) is 23.9. The number of aromatic nitrogens is 4. The van der Waals surface area contributed by atoms with Crippen molar-refractivity contribution in [3.05, 3.63) is 24.0 Å². The largest absolute Gasteiger partial charge is 0.490 e. The number of benzene rings is 1. The number of carboxylic acids is 1. The van der Waals surface area contributed by atoms with E-state index in [0.29, 0.717) is 22.9 Å². The molecule has 4 heterocycles. The number of amides is 1. The second-order valence-corrected chi connectivity index (χ2v) is 8.75. The maximum Gasteiger partial charge on any atom is 0.490 e. The molecule has 0 radical (unpaired) electrons. The van der Waals surface area contributed by atoms with Crippen LogP contribution in [0.15, 0.2) is 23.5 Å². The van der Waals surface area contributed by atoms with E-state index in [1.165, 1.54) is 24.6 Å². The quantitative estimate of drug-likeness (QED) is 0.383. The van der Waals surface area contributed by atoms with E-state index in [0.717, 1.165) is 34.6 Å². The van der Waals surface area contributed by atoms with Gasteiger partial charge in [-0.3, -0.25) is 9.48 Å². The summed E-state index contributed by atoms with van der Waals surface area (Å²) in [5.74, 6) is -3.25. The first kappa shape index (κ1) is 23.2. The number of hydrogen-bond acceptors (Lipinski definition) is 7. The number of primary amides is 1. The van der Waals surface area contributed by atoms with E-state index in [1.807, 2.05) is 29.3 Å². The van der Waals surface area contributed by atoms with Crippen LogP contribution in [0.25, 0.3) is 21.8 Å². The molecule has 2 saturated heterocycles. The van der Waals surface area contributed by atoms with Crippen LogP contribution in [0.4, 0.5) is 13.2 Å². The van der Waals surface area contributed by atoms with E-state index in [4.69, 9.17) is 20.6 Å². The number of carbonyl (C=O) groups is 2. The van der Waals surface area contributed by atoms with Gasteiger partial charge in [-0.2, -0.15) is 18.3 Å². The lowest BCUT2D eigenvalue weighted by atomic mass is 9.99. The molecule has 2 aromatic heterocycles. The molecule has 0 saturated carbocycles. The number of carboxylic acid groups (broad SMARTS) is 1. The Bertz CT molecular complexity index is 1220. The summed E-state index contributed by atoms with van der Waals surface area (Å²) in [4.78, 5) is 30.0. The summed E-state index contributed by atoms with van der Waals surface area (Å²) in [6, 6.07) is 5.16. The van der Waals surface area contributed by atoms with Gasteiger partial charge >= 0.3 is 12.1 Å². The third-order valence-corrected chi connectivity index (χ3v) is 6.41. The molecule has 3 aromatic rings. The van der Waals surface area contributed by atoms with E-state index in [2.05, 4.69) is 15.4 Å². The van der Waals surface area contributed by atoms with E-state index in [9.17, 15) is 18.0 Å². The average molecular weight is 482 g/mol. The highest BCUT2D eigenvalue weighted by molar-refractivity contribution is 7.98. The molecule has 2 aliphatic rings. The SMILES string of the molecule is CSc1ncc2ccc3c(C(N)=O)nn([C@H]4C[C@H]5CC[C@@H](C4)N5)c3c2n1.O=C(O)C(F)(F)F. The van der Waals surface area contributed by atoms with Gasteiger partial charge in [-0.25, -0.2) is 14.8 Å². The Balaban J connectivity index is 0.000000325. The molecule has 2 fully saturated rings. The molecule has 5 rings (SSSR count). The second-order valence-electron chi connectivity index (χ2n) is 7.98. The topological polar surface area (TPSA) is 136 Å². The average Bonchev–Trinajstić information content (AvgIpc) is 3.33. The van der Waals surface area contributed by atoms with Crippen LogP contribution in [0.1, 0.15) is 42.2 Å². The van der Waals surface area contributed by atoms with Crippen LogP contribution in [0.3, 0.4) is 0 Å². The molecule has 2 aliphatic heterocycles. The number of carbonyl (C=O) groups excluding carboxylic acids is 1. The van der Waals surface area contributed by atoms with Gasteiger partial charge < -0.3 is 16.2 Å². The molecule has 1 amide bonds. The van der Waals surface area contributed by atoms with Gasteiger partial charge in [0, 0.05) is 29.1 Å². The van der Waals surface area contributed by atoms with Gasteiger partial charge in [-0.1, -0.05) is 17.8 Å². The van der Waals surface area contributed by atoms with Crippen molar-refractivity contribution in [1.29, 1.82) is 0 Å². The molecule has 4 N–H and O–H groups in total. The monoisotopic (exact) mass is 482 g/mol. The molecule has 3 atom stereocenters. The zero-order valence-electron chi connectivity index (χ0n) is 17.5. The minimum Gasteiger partial charge on any atom is -0.475 e. The highest BCUT2D eigenvalue weighted by Crippen LogP contribution is 2.37. The Hall–Kier alpha value is -2.93. The normalized spacial score (nSPS) is 22.2. The number of thioether (sulfide) groups is 1.